The van der Waals surface area contributed by atoms with Crippen molar-refractivity contribution in [3.05, 3.63) is 58.9 Å². The first-order chi connectivity index (χ1) is 13.8. The number of hydrogen-bond acceptors (Lipinski definition) is 7. The van der Waals surface area contributed by atoms with Crippen LogP contribution in [-0.4, -0.2) is 52.5 Å². The smallest absolute Gasteiger partial charge is 0.209 e. The van der Waals surface area contributed by atoms with Gasteiger partial charge in [0.1, 0.15) is 10.5 Å². The van der Waals surface area contributed by atoms with E-state index >= 15 is 0 Å². The number of nitrogens with one attached hydrogen (secondary N) is 2. The van der Waals surface area contributed by atoms with Crippen LogP contribution in [0.25, 0.3) is 5.57 Å². The number of aromatic nitrogens is 1. The molecule has 2 N–H and O–H groups in total. The van der Waals surface area contributed by atoms with Gasteiger partial charge in [-0.2, -0.15) is 4.72 Å². The zero-order valence-electron chi connectivity index (χ0n) is 16.6. The Hall–Kier alpha value is -2.40. The SMILES string of the molecule is C=C(/C=C(C)\C=C\NC=N/C=C\C=NC)c1cnc(C2(NS(C)(=O)=O)COC2)s1. The second kappa shape index (κ2) is 10.4. The number of allylic oxidation sites excluding steroid dienone is 5. The predicted octanol–water partition coefficient (Wildman–Crippen LogP) is 2.22. The monoisotopic (exact) mass is 435 g/mol. The van der Waals surface area contributed by atoms with E-state index in [4.69, 9.17) is 4.74 Å². The van der Waals surface area contributed by atoms with E-state index in [2.05, 4.69) is 31.6 Å². The quantitative estimate of drug-likeness (QED) is 0.333. The van der Waals surface area contributed by atoms with Gasteiger partial charge in [0.25, 0.3) is 0 Å². The van der Waals surface area contributed by atoms with E-state index in [1.165, 1.54) is 11.3 Å². The molecule has 1 aromatic heterocycles. The van der Waals surface area contributed by atoms with Crippen LogP contribution in [0.2, 0.25) is 0 Å². The maximum atomic E-state index is 11.7. The molecule has 0 radical (unpaired) electrons. The minimum absolute atomic E-state index is 0.269. The molecule has 2 rings (SSSR count). The summed E-state index contributed by atoms with van der Waals surface area (Å²) in [5.41, 5.74) is 0.993. The van der Waals surface area contributed by atoms with E-state index in [9.17, 15) is 8.42 Å². The number of hydrogen-bond donors (Lipinski definition) is 2. The summed E-state index contributed by atoms with van der Waals surface area (Å²) in [6.07, 6.45) is 15.0. The second-order valence-electron chi connectivity index (χ2n) is 6.42. The average molecular weight is 436 g/mol. The van der Waals surface area contributed by atoms with Gasteiger partial charge >= 0.3 is 0 Å². The molecule has 10 heteroatoms. The lowest BCUT2D eigenvalue weighted by Crippen LogP contribution is -2.58. The van der Waals surface area contributed by atoms with Gasteiger partial charge in [0, 0.05) is 31.9 Å². The Balaban J connectivity index is 1.98. The van der Waals surface area contributed by atoms with Gasteiger partial charge in [0.05, 0.1) is 30.7 Å². The zero-order valence-corrected chi connectivity index (χ0v) is 18.3. The van der Waals surface area contributed by atoms with E-state index < -0.39 is 15.6 Å². The molecule has 0 unspecified atom stereocenters. The van der Waals surface area contributed by atoms with Crippen molar-refractivity contribution in [1.29, 1.82) is 0 Å². The summed E-state index contributed by atoms with van der Waals surface area (Å²) >= 11 is 1.41. The normalized spacial score (nSPS) is 17.6. The average Bonchev–Trinajstić information content (AvgIpc) is 3.10. The molecule has 1 aliphatic heterocycles. The van der Waals surface area contributed by atoms with Crippen LogP contribution in [0.5, 0.6) is 0 Å². The van der Waals surface area contributed by atoms with Gasteiger partial charge in [0.2, 0.25) is 10.0 Å². The molecule has 29 heavy (non-hydrogen) atoms. The summed E-state index contributed by atoms with van der Waals surface area (Å²) in [7, 11) is -1.69. The molecule has 1 saturated heterocycles. The lowest BCUT2D eigenvalue weighted by Gasteiger charge is -2.39. The van der Waals surface area contributed by atoms with E-state index in [-0.39, 0.29) is 13.2 Å². The van der Waals surface area contributed by atoms with E-state index in [1.54, 1.807) is 44.3 Å². The third-order valence-electron chi connectivity index (χ3n) is 3.71. The Kier molecular flexibility index (Phi) is 8.21. The summed E-state index contributed by atoms with van der Waals surface area (Å²) in [4.78, 5) is 13.1. The summed E-state index contributed by atoms with van der Waals surface area (Å²) < 4.78 is 31.2. The molecule has 0 bridgehead atoms. The fraction of sp³-hybridized carbons (Fsp3) is 0.316. The van der Waals surface area contributed by atoms with Gasteiger partial charge < -0.3 is 10.1 Å². The van der Waals surface area contributed by atoms with Crippen LogP contribution in [-0.2, 0) is 20.3 Å². The molecule has 0 spiro atoms. The predicted molar refractivity (Wildman–Crippen MR) is 120 cm³/mol. The summed E-state index contributed by atoms with van der Waals surface area (Å²) in [6, 6.07) is 0. The molecular weight excluding hydrogens is 410 g/mol. The Morgan fingerprint density at radius 2 is 2.21 bits per heavy atom. The minimum atomic E-state index is -3.38. The number of rotatable bonds is 10. The van der Waals surface area contributed by atoms with Crippen molar-refractivity contribution in [2.24, 2.45) is 9.98 Å². The highest BCUT2D eigenvalue weighted by atomic mass is 32.2. The van der Waals surface area contributed by atoms with Gasteiger partial charge in [-0.1, -0.05) is 12.7 Å². The largest absolute Gasteiger partial charge is 0.376 e. The highest BCUT2D eigenvalue weighted by molar-refractivity contribution is 7.88. The van der Waals surface area contributed by atoms with Crippen molar-refractivity contribution >= 4 is 39.5 Å². The Morgan fingerprint density at radius 3 is 2.83 bits per heavy atom. The van der Waals surface area contributed by atoms with Gasteiger partial charge in [-0.05, 0) is 30.2 Å². The van der Waals surface area contributed by atoms with Crippen LogP contribution in [0.15, 0.2) is 59.0 Å². The Labute approximate surface area is 175 Å². The van der Waals surface area contributed by atoms with E-state index in [0.717, 1.165) is 22.3 Å². The highest BCUT2D eigenvalue weighted by Crippen LogP contribution is 2.35. The summed E-state index contributed by atoms with van der Waals surface area (Å²) in [5.74, 6) is 0. The first kappa shape index (κ1) is 22.9. The standard InChI is InChI=1S/C19H25N5O3S2/c1-15(6-9-22-14-21-8-5-7-20-3)10-16(2)17-11-23-18(28-17)19(12-27-13-19)24-29(4,25)26/h5-11,14,24H,2,12-13H2,1,3-4H3,(H,21,22)/b8-5-,9-6+,15-10-,20-7?. The number of nitrogens with zero attached hydrogens (tertiary/aromatic N) is 3. The molecule has 0 saturated carbocycles. The summed E-state index contributed by atoms with van der Waals surface area (Å²) in [6.45, 7) is 6.58. The first-order valence-corrected chi connectivity index (χ1v) is 11.4. The number of aliphatic imine (C=N–C) groups is 2. The molecule has 156 valence electrons. The van der Waals surface area contributed by atoms with Crippen molar-refractivity contribution in [3.8, 4) is 0 Å². The van der Waals surface area contributed by atoms with Crippen molar-refractivity contribution in [1.82, 2.24) is 15.0 Å². The third-order valence-corrected chi connectivity index (χ3v) is 5.75. The summed E-state index contributed by atoms with van der Waals surface area (Å²) in [5, 5.41) is 3.61. The molecule has 1 fully saturated rings. The van der Waals surface area contributed by atoms with Gasteiger partial charge in [0.15, 0.2) is 0 Å². The number of sulfonamides is 1. The molecule has 1 aromatic rings. The maximum absolute atomic E-state index is 11.7. The van der Waals surface area contributed by atoms with Gasteiger partial charge in [-0.15, -0.1) is 11.3 Å². The number of ether oxygens (including phenoxy) is 1. The van der Waals surface area contributed by atoms with E-state index in [1.807, 2.05) is 19.1 Å². The molecule has 0 amide bonds. The van der Waals surface area contributed by atoms with Gasteiger partial charge in [-0.3, -0.25) is 4.99 Å². The molecule has 8 nitrogen and oxygen atoms in total. The van der Waals surface area contributed by atoms with Crippen LogP contribution in [0.3, 0.4) is 0 Å². The Bertz CT molecular complexity index is 968. The lowest BCUT2D eigenvalue weighted by atomic mass is 10.0. The van der Waals surface area contributed by atoms with Crippen LogP contribution in [0, 0.1) is 0 Å². The third kappa shape index (κ3) is 7.17. The second-order valence-corrected chi connectivity index (χ2v) is 9.20. The van der Waals surface area contributed by atoms with Crippen molar-refractivity contribution in [2.45, 2.75) is 12.5 Å². The first-order valence-electron chi connectivity index (χ1n) is 8.68. The van der Waals surface area contributed by atoms with Crippen LogP contribution >= 0.6 is 11.3 Å². The topological polar surface area (TPSA) is 105 Å². The maximum Gasteiger partial charge on any atom is 0.209 e. The van der Waals surface area contributed by atoms with Crippen molar-refractivity contribution in [2.75, 3.05) is 26.5 Å². The molecule has 0 aliphatic carbocycles. The fourth-order valence-electron chi connectivity index (χ4n) is 2.41. The minimum Gasteiger partial charge on any atom is -0.376 e. The molecule has 2 heterocycles. The van der Waals surface area contributed by atoms with Crippen molar-refractivity contribution < 1.29 is 13.2 Å². The van der Waals surface area contributed by atoms with Gasteiger partial charge in [-0.25, -0.2) is 18.4 Å². The zero-order chi connectivity index (χ0) is 21.3. The number of thiazole rings is 1. The molecule has 1 aliphatic rings. The molecular formula is C19H25N5O3S2. The lowest BCUT2D eigenvalue weighted by molar-refractivity contribution is -0.0663. The fourth-order valence-corrected chi connectivity index (χ4v) is 4.37. The van der Waals surface area contributed by atoms with Crippen LogP contribution < -0.4 is 10.0 Å². The highest BCUT2D eigenvalue weighted by Gasteiger charge is 2.45. The van der Waals surface area contributed by atoms with Crippen molar-refractivity contribution in [3.63, 3.8) is 0 Å². The molecule has 0 atom stereocenters. The van der Waals surface area contributed by atoms with E-state index in [0.29, 0.717) is 5.01 Å². The Morgan fingerprint density at radius 1 is 1.45 bits per heavy atom. The van der Waals surface area contributed by atoms with Crippen LogP contribution in [0.4, 0.5) is 0 Å². The molecule has 0 aromatic carbocycles. The van der Waals surface area contributed by atoms with Crippen LogP contribution in [0.1, 0.15) is 16.8 Å².